The Kier molecular flexibility index (Phi) is 4.09. The lowest BCUT2D eigenvalue weighted by Crippen LogP contribution is -2.00. The van der Waals surface area contributed by atoms with Crippen molar-refractivity contribution in [3.63, 3.8) is 0 Å². The van der Waals surface area contributed by atoms with Gasteiger partial charge in [-0.25, -0.2) is 0 Å². The highest BCUT2D eigenvalue weighted by Gasteiger charge is 2.06. The fourth-order valence-electron chi connectivity index (χ4n) is 1.39. The third kappa shape index (κ3) is 2.61. The van der Waals surface area contributed by atoms with Crippen molar-refractivity contribution in [1.29, 1.82) is 0 Å². The van der Waals surface area contributed by atoms with Crippen LogP contribution >= 0.6 is 12.4 Å². The van der Waals surface area contributed by atoms with Gasteiger partial charge in [0, 0.05) is 16.8 Å². The van der Waals surface area contributed by atoms with E-state index in [9.17, 15) is 4.79 Å². The number of anilines is 1. The van der Waals surface area contributed by atoms with Crippen LogP contribution in [0.25, 0.3) is 0 Å². The molecule has 0 saturated carbocycles. The number of benzene rings is 2. The summed E-state index contributed by atoms with van der Waals surface area (Å²) < 4.78 is 0. The first kappa shape index (κ1) is 12.3. The largest absolute Gasteiger partial charge is 0.399 e. The molecule has 0 heterocycles. The minimum Gasteiger partial charge on any atom is -0.399 e. The number of nitrogens with two attached hydrogens (primary N) is 1. The quantitative estimate of drug-likeness (QED) is 0.640. The van der Waals surface area contributed by atoms with Crippen molar-refractivity contribution in [3.05, 3.63) is 65.7 Å². The molecule has 2 aromatic rings. The standard InChI is InChI=1S/C13H11NO.ClH/c14-12-8-6-11(7-9-12)13(15)10-4-2-1-3-5-10;/h1-9H,14H2;1H. The highest BCUT2D eigenvalue weighted by atomic mass is 35.5. The van der Waals surface area contributed by atoms with E-state index in [2.05, 4.69) is 0 Å². The number of nitrogen functional groups attached to an aromatic ring is 1. The lowest BCUT2D eigenvalue weighted by molar-refractivity contribution is 0.103. The molecular weight excluding hydrogens is 222 g/mol. The van der Waals surface area contributed by atoms with Crippen molar-refractivity contribution in [3.8, 4) is 0 Å². The Balaban J connectivity index is 0.00000128. The van der Waals surface area contributed by atoms with Crippen LogP contribution in [0.3, 0.4) is 0 Å². The monoisotopic (exact) mass is 233 g/mol. The van der Waals surface area contributed by atoms with Gasteiger partial charge in [0.05, 0.1) is 0 Å². The smallest absolute Gasteiger partial charge is 0.193 e. The maximum absolute atomic E-state index is 11.9. The zero-order valence-corrected chi connectivity index (χ0v) is 9.41. The molecule has 3 heteroatoms. The number of carbonyl (C=O) groups excluding carboxylic acids is 1. The van der Waals surface area contributed by atoms with Gasteiger partial charge in [0.1, 0.15) is 0 Å². The first-order chi connectivity index (χ1) is 7.27. The Bertz CT molecular complexity index is 465. The van der Waals surface area contributed by atoms with Crippen molar-refractivity contribution >= 4 is 23.9 Å². The summed E-state index contributed by atoms with van der Waals surface area (Å²) in [6.07, 6.45) is 0. The lowest BCUT2D eigenvalue weighted by atomic mass is 10.0. The number of halogens is 1. The molecule has 2 nitrogen and oxygen atoms in total. The highest BCUT2D eigenvalue weighted by molar-refractivity contribution is 6.09. The molecule has 16 heavy (non-hydrogen) atoms. The van der Waals surface area contributed by atoms with E-state index in [-0.39, 0.29) is 18.2 Å². The number of hydrogen-bond acceptors (Lipinski definition) is 2. The molecule has 0 radical (unpaired) electrons. The molecule has 0 aliphatic rings. The Morgan fingerprint density at radius 1 is 0.812 bits per heavy atom. The SMILES string of the molecule is Cl.Nc1ccc(C(=O)c2ccccc2)cc1. The topological polar surface area (TPSA) is 43.1 Å². The molecule has 0 aliphatic heterocycles. The molecule has 0 fully saturated rings. The van der Waals surface area contributed by atoms with Gasteiger partial charge >= 0.3 is 0 Å². The van der Waals surface area contributed by atoms with E-state index in [0.717, 1.165) is 0 Å². The summed E-state index contributed by atoms with van der Waals surface area (Å²) in [7, 11) is 0. The number of rotatable bonds is 2. The number of ketones is 1. The van der Waals surface area contributed by atoms with Crippen LogP contribution in [0.1, 0.15) is 15.9 Å². The molecule has 0 bridgehead atoms. The number of carbonyl (C=O) groups is 1. The predicted molar refractivity (Wildman–Crippen MR) is 68.0 cm³/mol. The summed E-state index contributed by atoms with van der Waals surface area (Å²) in [4.78, 5) is 11.9. The van der Waals surface area contributed by atoms with Gasteiger partial charge in [0.15, 0.2) is 5.78 Å². The van der Waals surface area contributed by atoms with Gasteiger partial charge in [-0.3, -0.25) is 4.79 Å². The number of hydrogen-bond donors (Lipinski definition) is 1. The summed E-state index contributed by atoms with van der Waals surface area (Å²) in [5, 5.41) is 0. The van der Waals surface area contributed by atoms with Crippen molar-refractivity contribution in [1.82, 2.24) is 0 Å². The maximum Gasteiger partial charge on any atom is 0.193 e. The van der Waals surface area contributed by atoms with E-state index in [1.165, 1.54) is 0 Å². The molecule has 82 valence electrons. The third-order valence-corrected chi connectivity index (χ3v) is 2.21. The van der Waals surface area contributed by atoms with Crippen LogP contribution < -0.4 is 5.73 Å². The van der Waals surface area contributed by atoms with Gasteiger partial charge in [-0.1, -0.05) is 30.3 Å². The van der Waals surface area contributed by atoms with Crippen molar-refractivity contribution in [2.75, 3.05) is 5.73 Å². The Hall–Kier alpha value is -1.80. The Morgan fingerprint density at radius 2 is 1.31 bits per heavy atom. The van der Waals surface area contributed by atoms with Crippen LogP contribution in [0.15, 0.2) is 54.6 Å². The molecule has 0 aromatic heterocycles. The van der Waals surface area contributed by atoms with E-state index in [1.54, 1.807) is 36.4 Å². The second-order valence-corrected chi connectivity index (χ2v) is 3.32. The van der Waals surface area contributed by atoms with Gasteiger partial charge in [0.2, 0.25) is 0 Å². The fourth-order valence-corrected chi connectivity index (χ4v) is 1.39. The fraction of sp³-hybridized carbons (Fsp3) is 0. The summed E-state index contributed by atoms with van der Waals surface area (Å²) in [6, 6.07) is 16.1. The average Bonchev–Trinajstić information content (AvgIpc) is 2.30. The maximum atomic E-state index is 11.9. The molecule has 0 spiro atoms. The molecule has 2 N–H and O–H groups in total. The molecule has 2 rings (SSSR count). The van der Waals surface area contributed by atoms with E-state index < -0.39 is 0 Å². The molecule has 0 saturated heterocycles. The summed E-state index contributed by atoms with van der Waals surface area (Å²) >= 11 is 0. The Morgan fingerprint density at radius 3 is 1.88 bits per heavy atom. The molecule has 0 unspecified atom stereocenters. The minimum absolute atomic E-state index is 0. The minimum atomic E-state index is 0. The molecule has 0 amide bonds. The molecular formula is C13H12ClNO. The van der Waals surface area contributed by atoms with Gasteiger partial charge < -0.3 is 5.73 Å². The van der Waals surface area contributed by atoms with Crippen LogP contribution in [0.4, 0.5) is 5.69 Å². The zero-order chi connectivity index (χ0) is 10.7. The normalized spacial score (nSPS) is 9.25. The van der Waals surface area contributed by atoms with Crippen LogP contribution in [-0.2, 0) is 0 Å². The van der Waals surface area contributed by atoms with E-state index in [4.69, 9.17) is 5.73 Å². The van der Waals surface area contributed by atoms with Crippen LogP contribution in [0.2, 0.25) is 0 Å². The average molecular weight is 234 g/mol. The highest BCUT2D eigenvalue weighted by Crippen LogP contribution is 2.11. The van der Waals surface area contributed by atoms with Crippen LogP contribution in [0.5, 0.6) is 0 Å². The van der Waals surface area contributed by atoms with Crippen molar-refractivity contribution in [2.45, 2.75) is 0 Å². The van der Waals surface area contributed by atoms with Crippen LogP contribution in [-0.4, -0.2) is 5.78 Å². The lowest BCUT2D eigenvalue weighted by Gasteiger charge is -2.00. The Labute approximate surface area is 101 Å². The van der Waals surface area contributed by atoms with Crippen LogP contribution in [0, 0.1) is 0 Å². The van der Waals surface area contributed by atoms with Gasteiger partial charge in [-0.05, 0) is 24.3 Å². The summed E-state index contributed by atoms with van der Waals surface area (Å²) in [5.41, 5.74) is 7.58. The summed E-state index contributed by atoms with van der Waals surface area (Å²) in [6.45, 7) is 0. The molecule has 2 aromatic carbocycles. The van der Waals surface area contributed by atoms with Crippen molar-refractivity contribution < 1.29 is 4.79 Å². The van der Waals surface area contributed by atoms with E-state index >= 15 is 0 Å². The predicted octanol–water partition coefficient (Wildman–Crippen LogP) is 2.92. The molecule has 0 atom stereocenters. The van der Waals surface area contributed by atoms with Gasteiger partial charge in [-0.15, -0.1) is 12.4 Å². The zero-order valence-electron chi connectivity index (χ0n) is 8.59. The van der Waals surface area contributed by atoms with Gasteiger partial charge in [-0.2, -0.15) is 0 Å². The first-order valence-electron chi connectivity index (χ1n) is 4.72. The van der Waals surface area contributed by atoms with E-state index in [0.29, 0.717) is 16.8 Å². The van der Waals surface area contributed by atoms with E-state index in [1.807, 2.05) is 18.2 Å². The second kappa shape index (κ2) is 5.33. The summed E-state index contributed by atoms with van der Waals surface area (Å²) in [5.74, 6) is 0.0237. The first-order valence-corrected chi connectivity index (χ1v) is 4.72. The van der Waals surface area contributed by atoms with Gasteiger partial charge in [0.25, 0.3) is 0 Å². The molecule has 0 aliphatic carbocycles. The van der Waals surface area contributed by atoms with Crippen molar-refractivity contribution in [2.24, 2.45) is 0 Å². The second-order valence-electron chi connectivity index (χ2n) is 3.32. The third-order valence-electron chi connectivity index (χ3n) is 2.21.